The van der Waals surface area contributed by atoms with Gasteiger partial charge in [-0.1, -0.05) is 35.3 Å². The molecule has 1 aromatic carbocycles. The molecule has 8 heteroatoms. The van der Waals surface area contributed by atoms with E-state index >= 15 is 0 Å². The minimum Gasteiger partial charge on any atom is -0.354 e. The van der Waals surface area contributed by atoms with E-state index in [2.05, 4.69) is 4.98 Å². The lowest BCUT2D eigenvalue weighted by atomic mass is 10.3. The minimum absolute atomic E-state index is 0.153. The predicted octanol–water partition coefficient (Wildman–Crippen LogP) is 2.90. The highest BCUT2D eigenvalue weighted by Crippen LogP contribution is 2.25. The van der Waals surface area contributed by atoms with Crippen LogP contribution in [-0.4, -0.2) is 43.9 Å². The largest absolute Gasteiger partial charge is 0.354 e. The SMILES string of the molecule is O=S(=O)(c1ccccc1Cl)N1CCN(c2ccc(Cl)cn2)CC1. The van der Waals surface area contributed by atoms with Crippen LogP contribution in [0, 0.1) is 0 Å². The van der Waals surface area contributed by atoms with Gasteiger partial charge in [-0.2, -0.15) is 4.31 Å². The molecule has 1 aliphatic heterocycles. The average Bonchev–Trinajstić information content (AvgIpc) is 2.56. The molecular weight excluding hydrogens is 357 g/mol. The number of nitrogens with zero attached hydrogens (tertiary/aromatic N) is 3. The maximum Gasteiger partial charge on any atom is 0.244 e. The van der Waals surface area contributed by atoms with Gasteiger partial charge in [0.05, 0.1) is 10.0 Å². The van der Waals surface area contributed by atoms with E-state index in [1.54, 1.807) is 30.5 Å². The summed E-state index contributed by atoms with van der Waals surface area (Å²) in [7, 11) is -3.57. The Kier molecular flexibility index (Phi) is 4.77. The van der Waals surface area contributed by atoms with Crippen LogP contribution in [0.25, 0.3) is 0 Å². The lowest BCUT2D eigenvalue weighted by molar-refractivity contribution is 0.384. The lowest BCUT2D eigenvalue weighted by Crippen LogP contribution is -2.48. The Morgan fingerprint density at radius 1 is 0.957 bits per heavy atom. The summed E-state index contributed by atoms with van der Waals surface area (Å²) >= 11 is 11.9. The second-order valence-electron chi connectivity index (χ2n) is 5.16. The number of hydrogen-bond donors (Lipinski definition) is 0. The molecule has 1 saturated heterocycles. The molecule has 0 N–H and O–H groups in total. The zero-order valence-corrected chi connectivity index (χ0v) is 14.5. The van der Waals surface area contributed by atoms with Gasteiger partial charge in [0, 0.05) is 32.4 Å². The molecule has 5 nitrogen and oxygen atoms in total. The fourth-order valence-electron chi connectivity index (χ4n) is 2.51. The molecule has 0 atom stereocenters. The zero-order valence-electron chi connectivity index (χ0n) is 12.2. The molecule has 3 rings (SSSR count). The Morgan fingerprint density at radius 3 is 2.26 bits per heavy atom. The third-order valence-electron chi connectivity index (χ3n) is 3.73. The van der Waals surface area contributed by atoms with E-state index < -0.39 is 10.0 Å². The Balaban J connectivity index is 1.74. The van der Waals surface area contributed by atoms with Gasteiger partial charge in [0.2, 0.25) is 10.0 Å². The molecule has 1 fully saturated rings. The quantitative estimate of drug-likeness (QED) is 0.832. The van der Waals surface area contributed by atoms with Crippen LogP contribution in [-0.2, 0) is 10.0 Å². The summed E-state index contributed by atoms with van der Waals surface area (Å²) in [5.74, 6) is 0.796. The number of anilines is 1. The van der Waals surface area contributed by atoms with E-state index in [0.29, 0.717) is 31.2 Å². The summed E-state index contributed by atoms with van der Waals surface area (Å²) in [4.78, 5) is 6.46. The van der Waals surface area contributed by atoms with Crippen LogP contribution in [0.1, 0.15) is 0 Å². The highest BCUT2D eigenvalue weighted by Gasteiger charge is 2.30. The van der Waals surface area contributed by atoms with Crippen molar-refractivity contribution in [1.29, 1.82) is 0 Å². The van der Waals surface area contributed by atoms with Crippen LogP contribution >= 0.6 is 23.2 Å². The van der Waals surface area contributed by atoms with E-state index in [9.17, 15) is 8.42 Å². The monoisotopic (exact) mass is 371 g/mol. The summed E-state index contributed by atoms with van der Waals surface area (Å²) < 4.78 is 26.8. The number of halogens is 2. The molecule has 1 aliphatic rings. The molecule has 23 heavy (non-hydrogen) atoms. The smallest absolute Gasteiger partial charge is 0.244 e. The summed E-state index contributed by atoms with van der Waals surface area (Å²) in [6.45, 7) is 1.91. The van der Waals surface area contributed by atoms with Crippen molar-refractivity contribution >= 4 is 39.0 Å². The molecule has 0 bridgehead atoms. The van der Waals surface area contributed by atoms with E-state index in [1.165, 1.54) is 10.4 Å². The van der Waals surface area contributed by atoms with E-state index in [-0.39, 0.29) is 9.92 Å². The van der Waals surface area contributed by atoms with Gasteiger partial charge >= 0.3 is 0 Å². The van der Waals surface area contributed by atoms with Gasteiger partial charge in [0.25, 0.3) is 0 Å². The summed E-state index contributed by atoms with van der Waals surface area (Å²) in [5.41, 5.74) is 0. The molecule has 0 radical (unpaired) electrons. The molecule has 0 saturated carbocycles. The third kappa shape index (κ3) is 3.45. The van der Waals surface area contributed by atoms with Gasteiger partial charge in [-0.15, -0.1) is 0 Å². The zero-order chi connectivity index (χ0) is 16.4. The van der Waals surface area contributed by atoms with Gasteiger partial charge in [-0.25, -0.2) is 13.4 Å². The van der Waals surface area contributed by atoms with Crippen molar-refractivity contribution in [3.63, 3.8) is 0 Å². The number of pyridine rings is 1. The first-order valence-electron chi connectivity index (χ1n) is 7.10. The Bertz CT molecular complexity index is 789. The van der Waals surface area contributed by atoms with Crippen molar-refractivity contribution < 1.29 is 8.42 Å². The van der Waals surface area contributed by atoms with Crippen LogP contribution in [0.3, 0.4) is 0 Å². The van der Waals surface area contributed by atoms with Crippen LogP contribution in [0.5, 0.6) is 0 Å². The van der Waals surface area contributed by atoms with Gasteiger partial charge in [-0.05, 0) is 24.3 Å². The Hall–Kier alpha value is -1.34. The number of piperazine rings is 1. The van der Waals surface area contributed by atoms with Gasteiger partial charge in [0.1, 0.15) is 10.7 Å². The molecule has 0 spiro atoms. The lowest BCUT2D eigenvalue weighted by Gasteiger charge is -2.34. The number of rotatable bonds is 3. The summed E-state index contributed by atoms with van der Waals surface area (Å²) in [5, 5.41) is 0.822. The fourth-order valence-corrected chi connectivity index (χ4v) is 4.53. The number of sulfonamides is 1. The molecular formula is C15H15Cl2N3O2S. The fraction of sp³-hybridized carbons (Fsp3) is 0.267. The summed E-state index contributed by atoms with van der Waals surface area (Å²) in [6, 6.07) is 10.1. The van der Waals surface area contributed by atoms with Crippen molar-refractivity contribution in [3.05, 3.63) is 52.6 Å². The third-order valence-corrected chi connectivity index (χ3v) is 6.35. The Labute approximate surface area is 145 Å². The van der Waals surface area contributed by atoms with Crippen molar-refractivity contribution in [2.24, 2.45) is 0 Å². The maximum absolute atomic E-state index is 12.7. The van der Waals surface area contributed by atoms with Crippen LogP contribution in [0.2, 0.25) is 10.0 Å². The van der Waals surface area contributed by atoms with E-state index in [0.717, 1.165) is 5.82 Å². The summed E-state index contributed by atoms with van der Waals surface area (Å²) in [6.07, 6.45) is 1.59. The molecule has 0 amide bonds. The van der Waals surface area contributed by atoms with Crippen molar-refractivity contribution in [1.82, 2.24) is 9.29 Å². The van der Waals surface area contributed by atoms with Gasteiger partial charge in [0.15, 0.2) is 0 Å². The first-order chi connectivity index (χ1) is 11.0. The molecule has 122 valence electrons. The second kappa shape index (κ2) is 6.65. The highest BCUT2D eigenvalue weighted by atomic mass is 35.5. The van der Waals surface area contributed by atoms with Crippen LogP contribution in [0.4, 0.5) is 5.82 Å². The van der Waals surface area contributed by atoms with E-state index in [1.807, 2.05) is 11.0 Å². The molecule has 2 heterocycles. The standard InChI is InChI=1S/C15H15Cl2N3O2S/c16-12-5-6-15(18-11-12)19-7-9-20(10-8-19)23(21,22)14-4-2-1-3-13(14)17/h1-6,11H,7-10H2. The Morgan fingerprint density at radius 2 is 1.65 bits per heavy atom. The number of hydrogen-bond acceptors (Lipinski definition) is 4. The minimum atomic E-state index is -3.57. The van der Waals surface area contributed by atoms with Gasteiger partial charge < -0.3 is 4.90 Å². The van der Waals surface area contributed by atoms with E-state index in [4.69, 9.17) is 23.2 Å². The average molecular weight is 372 g/mol. The maximum atomic E-state index is 12.7. The molecule has 1 aromatic heterocycles. The molecule has 0 aliphatic carbocycles. The van der Waals surface area contributed by atoms with Gasteiger partial charge in [-0.3, -0.25) is 0 Å². The van der Waals surface area contributed by atoms with Crippen molar-refractivity contribution in [2.45, 2.75) is 4.90 Å². The normalized spacial score (nSPS) is 16.5. The van der Waals surface area contributed by atoms with Crippen molar-refractivity contribution in [2.75, 3.05) is 31.1 Å². The molecule has 2 aromatic rings. The van der Waals surface area contributed by atoms with Crippen LogP contribution in [0.15, 0.2) is 47.5 Å². The highest BCUT2D eigenvalue weighted by molar-refractivity contribution is 7.89. The predicted molar refractivity (Wildman–Crippen MR) is 91.7 cm³/mol. The first-order valence-corrected chi connectivity index (χ1v) is 9.29. The molecule has 0 unspecified atom stereocenters. The van der Waals surface area contributed by atoms with Crippen molar-refractivity contribution in [3.8, 4) is 0 Å². The van der Waals surface area contributed by atoms with Crippen LogP contribution < -0.4 is 4.90 Å². The topological polar surface area (TPSA) is 53.5 Å². The first kappa shape index (κ1) is 16.5. The number of benzene rings is 1. The number of aromatic nitrogens is 1. The second-order valence-corrected chi connectivity index (χ2v) is 7.91.